The van der Waals surface area contributed by atoms with Crippen LogP contribution in [0, 0.1) is 6.92 Å². The molecule has 4 heteroatoms. The molecule has 1 heterocycles. The molecule has 0 saturated carbocycles. The number of hydrogen-bond acceptors (Lipinski definition) is 3. The van der Waals surface area contributed by atoms with Gasteiger partial charge in [-0.05, 0) is 42.2 Å². The number of aryl methyl sites for hydroxylation is 1. The SMILES string of the molecule is Cc1cccc(C(C)C)c1NC(=O)c1cncc(Nc2ccccc2)c1. The number of pyridine rings is 1. The number of para-hydroxylation sites is 2. The van der Waals surface area contributed by atoms with E-state index in [1.54, 1.807) is 12.4 Å². The molecule has 0 atom stereocenters. The van der Waals surface area contributed by atoms with Gasteiger partial charge < -0.3 is 10.6 Å². The Morgan fingerprint density at radius 3 is 2.46 bits per heavy atom. The highest BCUT2D eigenvalue weighted by atomic mass is 16.1. The molecule has 26 heavy (non-hydrogen) atoms. The predicted molar refractivity (Wildman–Crippen MR) is 107 cm³/mol. The zero-order valence-electron chi connectivity index (χ0n) is 15.3. The van der Waals surface area contributed by atoms with Crippen LogP contribution in [0.1, 0.15) is 41.3 Å². The van der Waals surface area contributed by atoms with E-state index < -0.39 is 0 Å². The average molecular weight is 345 g/mol. The maximum Gasteiger partial charge on any atom is 0.257 e. The van der Waals surface area contributed by atoms with Crippen molar-refractivity contribution < 1.29 is 4.79 Å². The average Bonchev–Trinajstić information content (AvgIpc) is 2.64. The first kappa shape index (κ1) is 17.7. The highest BCUT2D eigenvalue weighted by Crippen LogP contribution is 2.28. The summed E-state index contributed by atoms with van der Waals surface area (Å²) in [6.07, 6.45) is 3.29. The van der Waals surface area contributed by atoms with Gasteiger partial charge in [0.2, 0.25) is 0 Å². The Labute approximate surface area is 154 Å². The summed E-state index contributed by atoms with van der Waals surface area (Å²) in [4.78, 5) is 17.0. The zero-order valence-corrected chi connectivity index (χ0v) is 15.3. The molecule has 0 aliphatic rings. The molecule has 0 bridgehead atoms. The summed E-state index contributed by atoms with van der Waals surface area (Å²) in [5, 5.41) is 6.32. The minimum atomic E-state index is -0.162. The Kier molecular flexibility index (Phi) is 5.32. The molecule has 0 radical (unpaired) electrons. The van der Waals surface area contributed by atoms with Crippen LogP contribution in [0.4, 0.5) is 17.1 Å². The van der Waals surface area contributed by atoms with Gasteiger partial charge in [-0.3, -0.25) is 9.78 Å². The van der Waals surface area contributed by atoms with Gasteiger partial charge in [0.25, 0.3) is 5.91 Å². The number of amides is 1. The molecule has 2 aromatic carbocycles. The highest BCUT2D eigenvalue weighted by Gasteiger charge is 2.14. The fourth-order valence-corrected chi connectivity index (χ4v) is 2.85. The predicted octanol–water partition coefficient (Wildman–Crippen LogP) is 5.51. The smallest absolute Gasteiger partial charge is 0.257 e. The Morgan fingerprint density at radius 1 is 0.962 bits per heavy atom. The highest BCUT2D eigenvalue weighted by molar-refractivity contribution is 6.05. The van der Waals surface area contributed by atoms with E-state index in [0.717, 1.165) is 28.2 Å². The molecule has 0 saturated heterocycles. The van der Waals surface area contributed by atoms with Gasteiger partial charge in [0.05, 0.1) is 17.4 Å². The number of anilines is 3. The summed E-state index contributed by atoms with van der Waals surface area (Å²) >= 11 is 0. The van der Waals surface area contributed by atoms with Crippen LogP contribution in [0.25, 0.3) is 0 Å². The second-order valence-electron chi connectivity index (χ2n) is 6.60. The van der Waals surface area contributed by atoms with Crippen molar-refractivity contribution >= 4 is 23.0 Å². The third kappa shape index (κ3) is 4.09. The van der Waals surface area contributed by atoms with E-state index in [1.165, 1.54) is 0 Å². The van der Waals surface area contributed by atoms with E-state index in [2.05, 4.69) is 35.5 Å². The maximum atomic E-state index is 12.8. The first-order valence-corrected chi connectivity index (χ1v) is 8.72. The van der Waals surface area contributed by atoms with Gasteiger partial charge in [-0.25, -0.2) is 0 Å². The van der Waals surface area contributed by atoms with Crippen molar-refractivity contribution in [3.63, 3.8) is 0 Å². The minimum Gasteiger partial charge on any atom is -0.354 e. The van der Waals surface area contributed by atoms with Crippen LogP contribution in [0.3, 0.4) is 0 Å². The van der Waals surface area contributed by atoms with Crippen molar-refractivity contribution in [2.24, 2.45) is 0 Å². The van der Waals surface area contributed by atoms with E-state index in [9.17, 15) is 4.79 Å². The molecule has 2 N–H and O–H groups in total. The van der Waals surface area contributed by atoms with Crippen LogP contribution in [0.2, 0.25) is 0 Å². The Balaban J connectivity index is 1.82. The van der Waals surface area contributed by atoms with Crippen molar-refractivity contribution in [3.8, 4) is 0 Å². The number of hydrogen-bond donors (Lipinski definition) is 2. The Morgan fingerprint density at radius 2 is 1.73 bits per heavy atom. The molecule has 1 aromatic heterocycles. The fraction of sp³-hybridized carbons (Fsp3) is 0.182. The second-order valence-corrected chi connectivity index (χ2v) is 6.60. The van der Waals surface area contributed by atoms with Crippen molar-refractivity contribution in [1.29, 1.82) is 0 Å². The molecule has 132 valence electrons. The van der Waals surface area contributed by atoms with E-state index in [1.807, 2.05) is 55.5 Å². The van der Waals surface area contributed by atoms with E-state index in [4.69, 9.17) is 0 Å². The third-order valence-electron chi connectivity index (χ3n) is 4.23. The Hall–Kier alpha value is -3.14. The number of nitrogens with one attached hydrogen (secondary N) is 2. The first-order chi connectivity index (χ1) is 12.5. The number of aromatic nitrogens is 1. The third-order valence-corrected chi connectivity index (χ3v) is 4.23. The summed E-state index contributed by atoms with van der Waals surface area (Å²) < 4.78 is 0. The van der Waals surface area contributed by atoms with E-state index >= 15 is 0 Å². The molecule has 3 aromatic rings. The summed E-state index contributed by atoms with van der Waals surface area (Å²) in [6.45, 7) is 6.25. The van der Waals surface area contributed by atoms with Crippen LogP contribution >= 0.6 is 0 Å². The summed E-state index contributed by atoms with van der Waals surface area (Å²) in [5.41, 5.74) is 5.31. The maximum absolute atomic E-state index is 12.8. The van der Waals surface area contributed by atoms with Crippen molar-refractivity contribution in [2.45, 2.75) is 26.7 Å². The largest absolute Gasteiger partial charge is 0.354 e. The molecule has 0 fully saturated rings. The molecule has 0 aliphatic carbocycles. The van der Waals surface area contributed by atoms with Gasteiger partial charge in [-0.15, -0.1) is 0 Å². The normalized spacial score (nSPS) is 10.6. The van der Waals surface area contributed by atoms with E-state index in [0.29, 0.717) is 11.5 Å². The van der Waals surface area contributed by atoms with Crippen LogP contribution in [-0.4, -0.2) is 10.9 Å². The van der Waals surface area contributed by atoms with Crippen molar-refractivity contribution in [2.75, 3.05) is 10.6 Å². The lowest BCUT2D eigenvalue weighted by Crippen LogP contribution is -2.15. The number of carbonyl (C=O) groups excluding carboxylic acids is 1. The quantitative estimate of drug-likeness (QED) is 0.641. The molecule has 1 amide bonds. The number of rotatable bonds is 5. The van der Waals surface area contributed by atoms with Gasteiger partial charge >= 0.3 is 0 Å². The van der Waals surface area contributed by atoms with Gasteiger partial charge in [0.15, 0.2) is 0 Å². The van der Waals surface area contributed by atoms with Gasteiger partial charge in [-0.1, -0.05) is 50.2 Å². The molecule has 0 aliphatic heterocycles. The summed E-state index contributed by atoms with van der Waals surface area (Å²) in [5.74, 6) is 0.166. The molecule has 0 spiro atoms. The van der Waals surface area contributed by atoms with Crippen LogP contribution in [-0.2, 0) is 0 Å². The molecular formula is C22H23N3O. The number of benzene rings is 2. The molecular weight excluding hydrogens is 322 g/mol. The van der Waals surface area contributed by atoms with E-state index in [-0.39, 0.29) is 5.91 Å². The lowest BCUT2D eigenvalue weighted by molar-refractivity contribution is 0.102. The monoisotopic (exact) mass is 345 g/mol. The topological polar surface area (TPSA) is 54.0 Å². The zero-order chi connectivity index (χ0) is 18.5. The molecule has 3 rings (SSSR count). The van der Waals surface area contributed by atoms with Crippen LogP contribution in [0.5, 0.6) is 0 Å². The number of carbonyl (C=O) groups is 1. The Bertz CT molecular complexity index is 904. The number of nitrogens with zero attached hydrogens (tertiary/aromatic N) is 1. The molecule has 4 nitrogen and oxygen atoms in total. The van der Waals surface area contributed by atoms with Gasteiger partial charge in [0, 0.05) is 17.6 Å². The van der Waals surface area contributed by atoms with Gasteiger partial charge in [0.1, 0.15) is 0 Å². The van der Waals surface area contributed by atoms with Gasteiger partial charge in [-0.2, -0.15) is 0 Å². The first-order valence-electron chi connectivity index (χ1n) is 8.72. The summed E-state index contributed by atoms with van der Waals surface area (Å²) in [7, 11) is 0. The lowest BCUT2D eigenvalue weighted by Gasteiger charge is -2.16. The van der Waals surface area contributed by atoms with Crippen molar-refractivity contribution in [3.05, 3.63) is 83.7 Å². The van der Waals surface area contributed by atoms with Crippen molar-refractivity contribution in [1.82, 2.24) is 4.98 Å². The lowest BCUT2D eigenvalue weighted by atomic mass is 9.98. The van der Waals surface area contributed by atoms with Crippen LogP contribution in [0.15, 0.2) is 67.0 Å². The van der Waals surface area contributed by atoms with Crippen LogP contribution < -0.4 is 10.6 Å². The molecule has 0 unspecified atom stereocenters. The minimum absolute atomic E-state index is 0.162. The summed E-state index contributed by atoms with van der Waals surface area (Å²) in [6, 6.07) is 17.7. The fourth-order valence-electron chi connectivity index (χ4n) is 2.85. The standard InChI is InChI=1S/C22H23N3O/c1-15(2)20-11-7-8-16(3)21(20)25-22(26)17-12-19(14-23-13-17)24-18-9-5-4-6-10-18/h4-15,24H,1-3H3,(H,25,26). The second kappa shape index (κ2) is 7.83.